The zero-order valence-corrected chi connectivity index (χ0v) is 12.1. The molecule has 3 aromatic rings. The summed E-state index contributed by atoms with van der Waals surface area (Å²) in [7, 11) is 0. The van der Waals surface area contributed by atoms with Gasteiger partial charge in [0.25, 0.3) is 0 Å². The summed E-state index contributed by atoms with van der Waals surface area (Å²) in [6.45, 7) is 4.06. The lowest BCUT2D eigenvalue weighted by molar-refractivity contribution is 0.432. The summed E-state index contributed by atoms with van der Waals surface area (Å²) < 4.78 is 1.97. The number of aromatic hydroxyl groups is 1. The monoisotopic (exact) mass is 282 g/mol. The van der Waals surface area contributed by atoms with E-state index in [0.717, 1.165) is 17.0 Å². The summed E-state index contributed by atoms with van der Waals surface area (Å²) in [5.74, 6) is 1.16. The van der Waals surface area contributed by atoms with Crippen molar-refractivity contribution in [1.82, 2.24) is 19.9 Å². The summed E-state index contributed by atoms with van der Waals surface area (Å²) >= 11 is 0. The highest BCUT2D eigenvalue weighted by atomic mass is 16.3. The molecule has 0 radical (unpaired) electrons. The number of phenolic OH excluding ortho intramolecular Hbond substituents is 1. The maximum absolute atomic E-state index is 9.92. The molecule has 0 saturated carbocycles. The first-order chi connectivity index (χ1) is 10.2. The molecule has 0 spiro atoms. The van der Waals surface area contributed by atoms with Crippen LogP contribution < -0.4 is 5.32 Å². The van der Waals surface area contributed by atoms with Gasteiger partial charge in [-0.3, -0.25) is 4.40 Å². The number of aromatic nitrogens is 3. The Morgan fingerprint density at radius 2 is 1.76 bits per heavy atom. The predicted octanol–water partition coefficient (Wildman–Crippen LogP) is 2.85. The Hall–Kier alpha value is -2.40. The number of phenols is 1. The Kier molecular flexibility index (Phi) is 3.58. The highest BCUT2D eigenvalue weighted by Gasteiger charge is 2.17. The van der Waals surface area contributed by atoms with Gasteiger partial charge in [-0.2, -0.15) is 0 Å². The van der Waals surface area contributed by atoms with Gasteiger partial charge in [-0.05, 0) is 32.0 Å². The van der Waals surface area contributed by atoms with Crippen LogP contribution in [-0.4, -0.2) is 19.7 Å². The molecule has 2 unspecified atom stereocenters. The molecule has 3 rings (SSSR count). The minimum absolute atomic E-state index is 0.0111. The molecule has 2 heterocycles. The second-order valence-corrected chi connectivity index (χ2v) is 5.16. The van der Waals surface area contributed by atoms with Crippen molar-refractivity contribution in [1.29, 1.82) is 0 Å². The van der Waals surface area contributed by atoms with Crippen LogP contribution in [-0.2, 0) is 0 Å². The average Bonchev–Trinajstić information content (AvgIpc) is 2.91. The van der Waals surface area contributed by atoms with Gasteiger partial charge in [0.1, 0.15) is 5.75 Å². The van der Waals surface area contributed by atoms with Crippen molar-refractivity contribution in [3.63, 3.8) is 0 Å². The number of fused-ring (bicyclic) bond motifs is 1. The lowest BCUT2D eigenvalue weighted by atomic mass is 10.1. The zero-order chi connectivity index (χ0) is 14.8. The second kappa shape index (κ2) is 5.54. The van der Waals surface area contributed by atoms with Crippen LogP contribution in [0.3, 0.4) is 0 Å². The molecule has 0 aliphatic rings. The Labute approximate surface area is 123 Å². The van der Waals surface area contributed by atoms with Crippen LogP contribution >= 0.6 is 0 Å². The van der Waals surface area contributed by atoms with Gasteiger partial charge in [-0.1, -0.05) is 24.3 Å². The summed E-state index contributed by atoms with van der Waals surface area (Å²) in [5, 5.41) is 21.8. The fourth-order valence-electron chi connectivity index (χ4n) is 2.55. The van der Waals surface area contributed by atoms with E-state index in [0.29, 0.717) is 5.75 Å². The molecule has 5 heteroatoms. The maximum Gasteiger partial charge on any atom is 0.160 e. The van der Waals surface area contributed by atoms with Gasteiger partial charge in [0.2, 0.25) is 0 Å². The molecule has 0 amide bonds. The summed E-state index contributed by atoms with van der Waals surface area (Å²) in [4.78, 5) is 0. The van der Waals surface area contributed by atoms with Crippen molar-refractivity contribution in [2.75, 3.05) is 0 Å². The Morgan fingerprint density at radius 3 is 2.57 bits per heavy atom. The molecular formula is C16H18N4O. The zero-order valence-electron chi connectivity index (χ0n) is 12.1. The van der Waals surface area contributed by atoms with Crippen LogP contribution in [0.15, 0.2) is 48.7 Å². The lowest BCUT2D eigenvalue weighted by Gasteiger charge is -2.20. The van der Waals surface area contributed by atoms with E-state index in [1.807, 2.05) is 60.8 Å². The molecule has 108 valence electrons. The van der Waals surface area contributed by atoms with Crippen molar-refractivity contribution in [2.24, 2.45) is 0 Å². The number of benzene rings is 1. The van der Waals surface area contributed by atoms with Crippen molar-refractivity contribution >= 4 is 5.65 Å². The van der Waals surface area contributed by atoms with E-state index in [4.69, 9.17) is 0 Å². The molecule has 2 aromatic heterocycles. The van der Waals surface area contributed by atoms with E-state index >= 15 is 0 Å². The van der Waals surface area contributed by atoms with E-state index in [9.17, 15) is 5.11 Å². The number of nitrogens with zero attached hydrogens (tertiary/aromatic N) is 3. The topological polar surface area (TPSA) is 62.5 Å². The lowest BCUT2D eigenvalue weighted by Crippen LogP contribution is -2.24. The van der Waals surface area contributed by atoms with Gasteiger partial charge >= 0.3 is 0 Å². The van der Waals surface area contributed by atoms with Crippen molar-refractivity contribution in [3.05, 3.63) is 60.0 Å². The van der Waals surface area contributed by atoms with Gasteiger partial charge in [0.15, 0.2) is 11.5 Å². The summed E-state index contributed by atoms with van der Waals surface area (Å²) in [6, 6.07) is 13.2. The Balaban J connectivity index is 1.83. The fraction of sp³-hybridized carbons (Fsp3) is 0.250. The van der Waals surface area contributed by atoms with Crippen LogP contribution in [0, 0.1) is 0 Å². The molecule has 2 N–H and O–H groups in total. The first-order valence-electron chi connectivity index (χ1n) is 7.00. The van der Waals surface area contributed by atoms with Crippen LogP contribution in [0.2, 0.25) is 0 Å². The normalized spacial score (nSPS) is 14.2. The van der Waals surface area contributed by atoms with Crippen molar-refractivity contribution in [3.8, 4) is 5.75 Å². The molecular weight excluding hydrogens is 264 g/mol. The number of pyridine rings is 1. The number of hydrogen-bond donors (Lipinski definition) is 2. The first-order valence-corrected chi connectivity index (χ1v) is 7.00. The smallest absolute Gasteiger partial charge is 0.160 e. The highest BCUT2D eigenvalue weighted by Crippen LogP contribution is 2.25. The number of hydrogen-bond acceptors (Lipinski definition) is 4. The average molecular weight is 282 g/mol. The molecule has 0 bridgehead atoms. The van der Waals surface area contributed by atoms with Gasteiger partial charge in [0, 0.05) is 17.8 Å². The Morgan fingerprint density at radius 1 is 1.00 bits per heavy atom. The molecule has 0 aliphatic heterocycles. The van der Waals surface area contributed by atoms with Crippen LogP contribution in [0.1, 0.15) is 37.3 Å². The van der Waals surface area contributed by atoms with E-state index in [2.05, 4.69) is 15.5 Å². The first kappa shape index (κ1) is 13.6. The van der Waals surface area contributed by atoms with Gasteiger partial charge in [-0.25, -0.2) is 0 Å². The molecule has 0 fully saturated rings. The van der Waals surface area contributed by atoms with Crippen molar-refractivity contribution in [2.45, 2.75) is 25.9 Å². The minimum Gasteiger partial charge on any atom is -0.508 e. The maximum atomic E-state index is 9.92. The van der Waals surface area contributed by atoms with E-state index in [1.165, 1.54) is 0 Å². The number of nitrogens with one attached hydrogen (secondary N) is 1. The fourth-order valence-corrected chi connectivity index (χ4v) is 2.55. The molecule has 21 heavy (non-hydrogen) atoms. The van der Waals surface area contributed by atoms with Crippen LogP contribution in [0.25, 0.3) is 5.65 Å². The predicted molar refractivity (Wildman–Crippen MR) is 81.1 cm³/mol. The van der Waals surface area contributed by atoms with Crippen LogP contribution in [0.4, 0.5) is 0 Å². The highest BCUT2D eigenvalue weighted by molar-refractivity contribution is 5.38. The molecule has 0 saturated heterocycles. The van der Waals surface area contributed by atoms with E-state index < -0.39 is 0 Å². The van der Waals surface area contributed by atoms with Crippen molar-refractivity contribution < 1.29 is 5.11 Å². The van der Waals surface area contributed by atoms with Gasteiger partial charge < -0.3 is 10.4 Å². The Bertz CT molecular complexity index is 753. The largest absolute Gasteiger partial charge is 0.508 e. The second-order valence-electron chi connectivity index (χ2n) is 5.16. The van der Waals surface area contributed by atoms with E-state index in [-0.39, 0.29) is 12.1 Å². The van der Waals surface area contributed by atoms with Crippen LogP contribution in [0.5, 0.6) is 5.75 Å². The quantitative estimate of drug-likeness (QED) is 0.772. The standard InChI is InChI=1S/C16H18N4O/c1-11(13-7-3-4-8-14(13)21)17-12(2)16-19-18-15-9-5-6-10-20(15)16/h3-12,17,21H,1-2H3. The van der Waals surface area contributed by atoms with Gasteiger partial charge in [-0.15, -0.1) is 10.2 Å². The van der Waals surface area contributed by atoms with Gasteiger partial charge in [0.05, 0.1) is 6.04 Å². The van der Waals surface area contributed by atoms with E-state index in [1.54, 1.807) is 6.07 Å². The number of rotatable bonds is 4. The minimum atomic E-state index is 0.0111. The third-order valence-electron chi connectivity index (χ3n) is 3.63. The SMILES string of the molecule is CC(NC(C)c1nnc2ccccn12)c1ccccc1O. The third kappa shape index (κ3) is 2.60. The number of para-hydroxylation sites is 1. The molecule has 0 aliphatic carbocycles. The molecule has 5 nitrogen and oxygen atoms in total. The third-order valence-corrected chi connectivity index (χ3v) is 3.63. The molecule has 2 atom stereocenters. The summed E-state index contributed by atoms with van der Waals surface area (Å²) in [6.07, 6.45) is 1.95. The molecule has 1 aromatic carbocycles. The summed E-state index contributed by atoms with van der Waals surface area (Å²) in [5.41, 5.74) is 1.70.